The van der Waals surface area contributed by atoms with Crippen LogP contribution in [-0.4, -0.2) is 27.3 Å². The molecule has 0 aliphatic rings. The summed E-state index contributed by atoms with van der Waals surface area (Å²) in [6, 6.07) is 25.3. The van der Waals surface area contributed by atoms with Crippen molar-refractivity contribution in [3.63, 3.8) is 0 Å². The summed E-state index contributed by atoms with van der Waals surface area (Å²) < 4.78 is 12.0. The summed E-state index contributed by atoms with van der Waals surface area (Å²) in [5, 5.41) is 13.1. The van der Waals surface area contributed by atoms with E-state index in [0.29, 0.717) is 21.5 Å². The molecule has 0 bridgehead atoms. The van der Waals surface area contributed by atoms with Crippen molar-refractivity contribution in [2.24, 2.45) is 0 Å². The quantitative estimate of drug-likeness (QED) is 0.172. The third-order valence-corrected chi connectivity index (χ3v) is 7.95. The van der Waals surface area contributed by atoms with Crippen molar-refractivity contribution in [3.8, 4) is 28.3 Å². The van der Waals surface area contributed by atoms with Crippen LogP contribution < -0.4 is 4.74 Å². The highest BCUT2D eigenvalue weighted by Crippen LogP contribution is 2.47. The number of nitrogens with one attached hydrogen (secondary N) is 1. The lowest BCUT2D eigenvalue weighted by Crippen LogP contribution is -1.93. The highest BCUT2D eigenvalue weighted by Gasteiger charge is 2.24. The van der Waals surface area contributed by atoms with Crippen LogP contribution in [-0.2, 0) is 0 Å². The number of hydrogen-bond donors (Lipinski definition) is 1. The molecule has 3 aromatic heterocycles. The van der Waals surface area contributed by atoms with Gasteiger partial charge < -0.3 is 9.15 Å². The van der Waals surface area contributed by atoms with Crippen LogP contribution in [0.3, 0.4) is 0 Å². The molecular weight excluding hydrogens is 543 g/mol. The number of halogens is 2. The third kappa shape index (κ3) is 3.33. The zero-order valence-corrected chi connectivity index (χ0v) is 22.5. The normalized spacial score (nSPS) is 11.9. The van der Waals surface area contributed by atoms with E-state index in [2.05, 4.69) is 22.3 Å². The first kappa shape index (κ1) is 23.3. The maximum atomic E-state index is 6.90. The average molecular weight is 561 g/mol. The van der Waals surface area contributed by atoms with Crippen LogP contribution in [0.5, 0.6) is 5.75 Å². The molecule has 0 aliphatic heterocycles. The van der Waals surface area contributed by atoms with Gasteiger partial charge >= 0.3 is 0 Å². The number of benzene rings is 5. The van der Waals surface area contributed by atoms with Crippen molar-refractivity contribution in [2.45, 2.75) is 0 Å². The Morgan fingerprint density at radius 2 is 1.60 bits per heavy atom. The smallest absolute Gasteiger partial charge is 0.227 e. The van der Waals surface area contributed by atoms with Crippen LogP contribution in [0.15, 0.2) is 89.5 Å². The van der Waals surface area contributed by atoms with Gasteiger partial charge in [-0.15, -0.1) is 0 Å². The van der Waals surface area contributed by atoms with Gasteiger partial charge in [0.05, 0.1) is 35.2 Å². The van der Waals surface area contributed by atoms with Gasteiger partial charge in [0.15, 0.2) is 5.58 Å². The predicted molar refractivity (Wildman–Crippen MR) is 161 cm³/mol. The van der Waals surface area contributed by atoms with E-state index in [4.69, 9.17) is 42.3 Å². The van der Waals surface area contributed by atoms with E-state index >= 15 is 0 Å². The number of oxazole rings is 1. The van der Waals surface area contributed by atoms with Gasteiger partial charge in [-0.2, -0.15) is 5.10 Å². The summed E-state index contributed by atoms with van der Waals surface area (Å²) >= 11 is 13.2. The van der Waals surface area contributed by atoms with Crippen LogP contribution in [0.4, 0.5) is 0 Å². The van der Waals surface area contributed by atoms with Gasteiger partial charge in [-0.3, -0.25) is 5.10 Å². The second-order valence-corrected chi connectivity index (χ2v) is 10.4. The lowest BCUT2D eigenvalue weighted by atomic mass is 9.92. The molecule has 1 N–H and O–H groups in total. The van der Waals surface area contributed by atoms with Crippen molar-refractivity contribution < 1.29 is 9.15 Å². The number of pyridine rings is 1. The number of nitrogens with zero attached hydrogens (tertiary/aromatic N) is 3. The first-order valence-corrected chi connectivity index (χ1v) is 13.4. The highest BCUT2D eigenvalue weighted by molar-refractivity contribution is 6.39. The molecule has 0 spiro atoms. The fourth-order valence-corrected chi connectivity index (χ4v) is 6.09. The first-order valence-electron chi connectivity index (χ1n) is 12.6. The summed E-state index contributed by atoms with van der Waals surface area (Å²) in [6.45, 7) is 0. The number of methoxy groups -OCH3 is 1. The molecule has 0 saturated heterocycles. The number of hydrogen-bond acceptors (Lipinski definition) is 5. The summed E-state index contributed by atoms with van der Waals surface area (Å²) in [7, 11) is 1.64. The van der Waals surface area contributed by atoms with Gasteiger partial charge in [0.25, 0.3) is 0 Å². The van der Waals surface area contributed by atoms with Crippen molar-refractivity contribution in [1.29, 1.82) is 0 Å². The van der Waals surface area contributed by atoms with Crippen LogP contribution in [0.1, 0.15) is 0 Å². The molecule has 0 aliphatic carbocycles. The Balaban J connectivity index is 1.62. The van der Waals surface area contributed by atoms with Gasteiger partial charge in [0.1, 0.15) is 11.3 Å². The summed E-state index contributed by atoms with van der Waals surface area (Å²) in [6.07, 6.45) is 1.82. The maximum absolute atomic E-state index is 6.90. The topological polar surface area (TPSA) is 76.8 Å². The van der Waals surface area contributed by atoms with E-state index in [1.54, 1.807) is 13.2 Å². The molecule has 8 rings (SSSR count). The minimum absolute atomic E-state index is 0.505. The second-order valence-electron chi connectivity index (χ2n) is 9.60. The minimum atomic E-state index is 0.505. The lowest BCUT2D eigenvalue weighted by Gasteiger charge is -2.15. The number of aromatic amines is 1. The third-order valence-electron chi connectivity index (χ3n) is 7.40. The number of aromatic nitrogens is 4. The van der Waals surface area contributed by atoms with Gasteiger partial charge in [-0.25, -0.2) is 9.97 Å². The highest BCUT2D eigenvalue weighted by atomic mass is 35.5. The van der Waals surface area contributed by atoms with Crippen molar-refractivity contribution in [3.05, 3.63) is 95.1 Å². The Morgan fingerprint density at radius 1 is 0.800 bits per heavy atom. The molecule has 192 valence electrons. The Kier molecular flexibility index (Phi) is 5.05. The van der Waals surface area contributed by atoms with Gasteiger partial charge in [0, 0.05) is 48.3 Å². The Hall–Kier alpha value is -4.65. The molecule has 40 heavy (non-hydrogen) atoms. The fraction of sp³-hybridized carbons (Fsp3) is 0.0312. The summed E-state index contributed by atoms with van der Waals surface area (Å²) in [4.78, 5) is 10.2. The molecule has 0 fully saturated rings. The zero-order valence-electron chi connectivity index (χ0n) is 21.0. The van der Waals surface area contributed by atoms with E-state index in [0.717, 1.165) is 71.4 Å². The van der Waals surface area contributed by atoms with Crippen molar-refractivity contribution in [2.75, 3.05) is 7.11 Å². The van der Waals surface area contributed by atoms with Gasteiger partial charge in [-0.05, 0) is 48.5 Å². The zero-order chi connectivity index (χ0) is 27.0. The monoisotopic (exact) mass is 560 g/mol. The molecule has 5 aromatic carbocycles. The number of H-pyrrole nitrogens is 1. The average Bonchev–Trinajstić information content (AvgIpc) is 3.65. The molecule has 0 atom stereocenters. The standard InChI is InChI=1S/C32H18Cl2N4O2/c1-39-18-9-6-16(7-10-18)32-37-30-20-5-3-2-4-19(20)29-28(31(30)40-32)27(21-11-8-17(33)14-23(21)34)26-22-15-35-38-24(22)12-13-25(26)36-29/h2-15H,1H3,(H,35,38). The lowest BCUT2D eigenvalue weighted by molar-refractivity contribution is 0.415. The first-order chi connectivity index (χ1) is 19.6. The van der Waals surface area contributed by atoms with E-state index in [1.165, 1.54) is 0 Å². The van der Waals surface area contributed by atoms with Crippen molar-refractivity contribution in [1.82, 2.24) is 20.2 Å². The number of fused-ring (bicyclic) bond motifs is 9. The summed E-state index contributed by atoms with van der Waals surface area (Å²) in [5.74, 6) is 1.26. The number of ether oxygens (including phenoxy) is 1. The molecule has 8 heteroatoms. The molecule has 3 heterocycles. The van der Waals surface area contributed by atoms with E-state index in [9.17, 15) is 0 Å². The second kappa shape index (κ2) is 8.68. The Morgan fingerprint density at radius 3 is 2.38 bits per heavy atom. The molecule has 8 aromatic rings. The summed E-state index contributed by atoms with van der Waals surface area (Å²) in [5.41, 5.74) is 6.45. The van der Waals surface area contributed by atoms with Crippen LogP contribution in [0.2, 0.25) is 10.0 Å². The molecule has 6 nitrogen and oxygen atoms in total. The fourth-order valence-electron chi connectivity index (χ4n) is 5.58. The van der Waals surface area contributed by atoms with E-state index in [1.807, 2.05) is 66.9 Å². The van der Waals surface area contributed by atoms with Gasteiger partial charge in [0.2, 0.25) is 5.89 Å². The molecule has 0 radical (unpaired) electrons. The largest absolute Gasteiger partial charge is 0.497 e. The number of rotatable bonds is 3. The Bertz CT molecular complexity index is 2290. The van der Waals surface area contributed by atoms with E-state index in [-0.39, 0.29) is 0 Å². The van der Waals surface area contributed by atoms with Crippen LogP contribution in [0, 0.1) is 0 Å². The predicted octanol–water partition coefficient (Wildman–Crippen LogP) is 9.21. The van der Waals surface area contributed by atoms with Crippen molar-refractivity contribution >= 4 is 77.8 Å². The maximum Gasteiger partial charge on any atom is 0.227 e. The SMILES string of the molecule is COc1ccc(-c2nc3c4ccccc4c4nc5ccc6[nH]ncc6c5c(-c5ccc(Cl)cc5Cl)c4c3o2)cc1. The molecule has 0 amide bonds. The molecule has 0 saturated carbocycles. The van der Waals surface area contributed by atoms with Crippen LogP contribution in [0.25, 0.3) is 77.2 Å². The Labute approximate surface area is 237 Å². The van der Waals surface area contributed by atoms with E-state index < -0.39 is 0 Å². The minimum Gasteiger partial charge on any atom is -0.497 e. The molecular formula is C32H18Cl2N4O2. The van der Waals surface area contributed by atoms with Gasteiger partial charge in [-0.1, -0.05) is 53.5 Å². The molecule has 0 unspecified atom stereocenters. The van der Waals surface area contributed by atoms with Crippen LogP contribution >= 0.6 is 23.2 Å².